The van der Waals surface area contributed by atoms with Crippen molar-refractivity contribution in [3.05, 3.63) is 57.9 Å². The first-order valence-electron chi connectivity index (χ1n) is 9.12. The Labute approximate surface area is 168 Å². The fourth-order valence-electron chi connectivity index (χ4n) is 3.55. The Hall–Kier alpha value is -3.21. The quantitative estimate of drug-likeness (QED) is 0.650. The molecule has 1 unspecified atom stereocenters. The van der Waals surface area contributed by atoms with E-state index in [-0.39, 0.29) is 17.8 Å². The lowest BCUT2D eigenvalue weighted by atomic mass is 9.94. The van der Waals surface area contributed by atoms with Gasteiger partial charge in [0.2, 0.25) is 0 Å². The van der Waals surface area contributed by atoms with E-state index in [1.54, 1.807) is 6.07 Å². The van der Waals surface area contributed by atoms with Crippen LogP contribution in [0.25, 0.3) is 11.2 Å². The molecule has 1 aromatic carbocycles. The topological polar surface area (TPSA) is 82.2 Å². The highest BCUT2D eigenvalue weighted by molar-refractivity contribution is 5.88. The van der Waals surface area contributed by atoms with Crippen LogP contribution in [0, 0.1) is 0 Å². The van der Waals surface area contributed by atoms with Crippen molar-refractivity contribution in [2.24, 2.45) is 7.05 Å². The second kappa shape index (κ2) is 7.24. The van der Waals surface area contributed by atoms with Crippen LogP contribution in [0.4, 0.5) is 18.0 Å². The van der Waals surface area contributed by atoms with E-state index in [1.807, 2.05) is 0 Å². The molecule has 1 saturated heterocycles. The maximum absolute atomic E-state index is 13.1. The van der Waals surface area contributed by atoms with Gasteiger partial charge in [-0.15, -0.1) is 0 Å². The number of likely N-dealkylation sites (tertiary alicyclic amines) is 1. The molecule has 8 nitrogen and oxygen atoms in total. The van der Waals surface area contributed by atoms with Gasteiger partial charge in [0.25, 0.3) is 0 Å². The standard InChI is InChI=1S/C19H18F3N5O3/c1-25-16-14(9-23-15(24-16)10-30-2)27(17(25)28)18(29)26-7-6-13(26)11-4-3-5-12(8-11)19(20,21)22/h3-5,8-9,13H,6-7,10H2,1-2H3. The summed E-state index contributed by atoms with van der Waals surface area (Å²) in [6.45, 7) is 0.470. The molecule has 1 fully saturated rings. The summed E-state index contributed by atoms with van der Waals surface area (Å²) in [4.78, 5) is 35.6. The van der Waals surface area contributed by atoms with Crippen molar-refractivity contribution >= 4 is 17.2 Å². The van der Waals surface area contributed by atoms with Crippen molar-refractivity contribution in [2.75, 3.05) is 13.7 Å². The minimum Gasteiger partial charge on any atom is -0.377 e. The Balaban J connectivity index is 1.70. The van der Waals surface area contributed by atoms with Gasteiger partial charge in [-0.05, 0) is 24.1 Å². The van der Waals surface area contributed by atoms with Gasteiger partial charge in [-0.2, -0.15) is 13.2 Å². The van der Waals surface area contributed by atoms with E-state index in [4.69, 9.17) is 4.74 Å². The predicted octanol–water partition coefficient (Wildman–Crippen LogP) is 2.71. The number of nitrogens with zero attached hydrogens (tertiary/aromatic N) is 5. The molecule has 1 aliphatic rings. The molecule has 0 N–H and O–H groups in total. The van der Waals surface area contributed by atoms with E-state index < -0.39 is 29.5 Å². The zero-order valence-corrected chi connectivity index (χ0v) is 16.2. The number of carbonyl (C=O) groups is 1. The van der Waals surface area contributed by atoms with Gasteiger partial charge in [0.15, 0.2) is 11.5 Å². The number of hydrogen-bond acceptors (Lipinski definition) is 5. The Morgan fingerprint density at radius 1 is 1.33 bits per heavy atom. The van der Waals surface area contributed by atoms with Crippen LogP contribution in [0.2, 0.25) is 0 Å². The zero-order valence-electron chi connectivity index (χ0n) is 16.2. The molecule has 2 aromatic heterocycles. The Morgan fingerprint density at radius 2 is 2.10 bits per heavy atom. The number of methoxy groups -OCH3 is 1. The normalized spacial score (nSPS) is 16.7. The minimum absolute atomic E-state index is 0.146. The van der Waals surface area contributed by atoms with Crippen LogP contribution in [0.3, 0.4) is 0 Å². The average Bonchev–Trinajstić information content (AvgIpc) is 2.91. The molecule has 11 heteroatoms. The molecule has 0 aliphatic carbocycles. The SMILES string of the molecule is COCc1ncc2c(n1)n(C)c(=O)n2C(=O)N1CCC1c1cccc(C(F)(F)F)c1. The highest BCUT2D eigenvalue weighted by atomic mass is 19.4. The van der Waals surface area contributed by atoms with Crippen molar-refractivity contribution < 1.29 is 22.7 Å². The summed E-state index contributed by atoms with van der Waals surface area (Å²) in [6.07, 6.45) is -2.60. The summed E-state index contributed by atoms with van der Waals surface area (Å²) in [7, 11) is 2.97. The molecule has 30 heavy (non-hydrogen) atoms. The van der Waals surface area contributed by atoms with Gasteiger partial charge >= 0.3 is 17.9 Å². The number of halogens is 3. The maximum atomic E-state index is 13.1. The Bertz CT molecular complexity index is 1180. The molecular weight excluding hydrogens is 403 g/mol. The molecule has 3 aromatic rings. The lowest BCUT2D eigenvalue weighted by Gasteiger charge is -2.41. The molecule has 0 radical (unpaired) electrons. The van der Waals surface area contributed by atoms with Crippen LogP contribution in [0.1, 0.15) is 29.4 Å². The smallest absolute Gasteiger partial charge is 0.377 e. The van der Waals surface area contributed by atoms with Crippen molar-refractivity contribution in [1.29, 1.82) is 0 Å². The van der Waals surface area contributed by atoms with Crippen LogP contribution in [-0.4, -0.2) is 43.7 Å². The van der Waals surface area contributed by atoms with Gasteiger partial charge in [0.1, 0.15) is 12.1 Å². The molecule has 0 saturated carbocycles. The summed E-state index contributed by atoms with van der Waals surface area (Å²) >= 11 is 0. The minimum atomic E-state index is -4.47. The third-order valence-electron chi connectivity index (χ3n) is 5.17. The first kappa shape index (κ1) is 20.1. The van der Waals surface area contributed by atoms with E-state index in [1.165, 1.54) is 35.9 Å². The number of amides is 1. The lowest BCUT2D eigenvalue weighted by molar-refractivity contribution is -0.137. The van der Waals surface area contributed by atoms with Crippen LogP contribution >= 0.6 is 0 Å². The number of aromatic nitrogens is 4. The molecule has 3 heterocycles. The molecule has 158 valence electrons. The number of hydrogen-bond donors (Lipinski definition) is 0. The molecule has 4 rings (SSSR count). The highest BCUT2D eigenvalue weighted by Gasteiger charge is 2.38. The second-order valence-electron chi connectivity index (χ2n) is 7.01. The Morgan fingerprint density at radius 3 is 2.73 bits per heavy atom. The monoisotopic (exact) mass is 421 g/mol. The van der Waals surface area contributed by atoms with Crippen molar-refractivity contribution in [3.8, 4) is 0 Å². The number of alkyl halides is 3. The number of carbonyl (C=O) groups excluding carboxylic acids is 1. The molecule has 0 bridgehead atoms. The van der Waals surface area contributed by atoms with Crippen LogP contribution in [-0.2, 0) is 24.6 Å². The number of imidazole rings is 1. The van der Waals surface area contributed by atoms with E-state index in [2.05, 4.69) is 9.97 Å². The number of rotatable bonds is 3. The van der Waals surface area contributed by atoms with Crippen LogP contribution < -0.4 is 5.69 Å². The van der Waals surface area contributed by atoms with Gasteiger partial charge < -0.3 is 9.64 Å². The van der Waals surface area contributed by atoms with Gasteiger partial charge in [0.05, 0.1) is 17.8 Å². The van der Waals surface area contributed by atoms with Crippen molar-refractivity contribution in [1.82, 2.24) is 24.0 Å². The Kier molecular flexibility index (Phi) is 4.85. The fourth-order valence-corrected chi connectivity index (χ4v) is 3.55. The summed E-state index contributed by atoms with van der Waals surface area (Å²) in [5, 5.41) is 0. The van der Waals surface area contributed by atoms with E-state index in [9.17, 15) is 22.8 Å². The van der Waals surface area contributed by atoms with Gasteiger partial charge in [0, 0.05) is 20.7 Å². The van der Waals surface area contributed by atoms with Crippen LogP contribution in [0.5, 0.6) is 0 Å². The molecule has 1 amide bonds. The van der Waals surface area contributed by atoms with E-state index in [0.29, 0.717) is 24.4 Å². The molecule has 1 aliphatic heterocycles. The third-order valence-corrected chi connectivity index (χ3v) is 5.17. The molecule has 0 spiro atoms. The predicted molar refractivity (Wildman–Crippen MR) is 99.8 cm³/mol. The van der Waals surface area contributed by atoms with Crippen LogP contribution in [0.15, 0.2) is 35.3 Å². The van der Waals surface area contributed by atoms with Gasteiger partial charge in [-0.3, -0.25) is 4.57 Å². The highest BCUT2D eigenvalue weighted by Crippen LogP contribution is 2.37. The second-order valence-corrected chi connectivity index (χ2v) is 7.01. The van der Waals surface area contributed by atoms with Crippen molar-refractivity contribution in [2.45, 2.75) is 25.2 Å². The van der Waals surface area contributed by atoms with Gasteiger partial charge in [-0.1, -0.05) is 12.1 Å². The first-order chi connectivity index (χ1) is 14.2. The molecule has 1 atom stereocenters. The number of ether oxygens (including phenoxy) is 1. The zero-order chi connectivity index (χ0) is 21.6. The number of benzene rings is 1. The van der Waals surface area contributed by atoms with Crippen molar-refractivity contribution in [3.63, 3.8) is 0 Å². The van der Waals surface area contributed by atoms with E-state index >= 15 is 0 Å². The van der Waals surface area contributed by atoms with E-state index in [0.717, 1.165) is 16.7 Å². The summed E-state index contributed by atoms with van der Waals surface area (Å²) in [5.74, 6) is 0.357. The summed E-state index contributed by atoms with van der Waals surface area (Å²) < 4.78 is 46.3. The summed E-state index contributed by atoms with van der Waals surface area (Å²) in [6, 6.07) is 3.71. The maximum Gasteiger partial charge on any atom is 0.416 e. The average molecular weight is 421 g/mol. The lowest BCUT2D eigenvalue weighted by Crippen LogP contribution is -2.49. The first-order valence-corrected chi connectivity index (χ1v) is 9.12. The third kappa shape index (κ3) is 3.24. The summed E-state index contributed by atoms with van der Waals surface area (Å²) in [5.41, 5.74) is -0.515. The molecular formula is C19H18F3N5O3. The fraction of sp³-hybridized carbons (Fsp3) is 0.368. The number of aryl methyl sites for hydroxylation is 1. The largest absolute Gasteiger partial charge is 0.416 e. The number of fused-ring (bicyclic) bond motifs is 1. The van der Waals surface area contributed by atoms with Gasteiger partial charge in [-0.25, -0.2) is 24.1 Å².